The molecule has 1 saturated carbocycles. The van der Waals surface area contributed by atoms with Gasteiger partial charge < -0.3 is 9.84 Å². The summed E-state index contributed by atoms with van der Waals surface area (Å²) >= 11 is 0. The van der Waals surface area contributed by atoms with Gasteiger partial charge >= 0.3 is 5.97 Å². The number of fused-ring (bicyclic) bond motifs is 1. The van der Waals surface area contributed by atoms with Gasteiger partial charge in [-0.25, -0.2) is 9.68 Å². The Bertz CT molecular complexity index is 587. The van der Waals surface area contributed by atoms with Crippen molar-refractivity contribution in [3.63, 3.8) is 0 Å². The molecule has 3 aliphatic heterocycles. The Morgan fingerprint density at radius 1 is 1.30 bits per heavy atom. The molecule has 5 rings (SSSR count). The van der Waals surface area contributed by atoms with E-state index in [0.29, 0.717) is 24.8 Å². The van der Waals surface area contributed by atoms with Crippen LogP contribution in [0.4, 0.5) is 0 Å². The fraction of sp³-hybridized carbons (Fsp3) is 0.667. The van der Waals surface area contributed by atoms with E-state index in [-0.39, 0.29) is 11.9 Å². The van der Waals surface area contributed by atoms with Crippen LogP contribution in [0.5, 0.6) is 0 Å². The smallest absolute Gasteiger partial charge is 0.337 e. The highest BCUT2D eigenvalue weighted by atomic mass is 17.2. The lowest BCUT2D eigenvalue weighted by Gasteiger charge is -2.39. The highest BCUT2D eigenvalue weighted by Gasteiger charge is 2.66. The average molecular weight is 278 g/mol. The predicted octanol–water partition coefficient (Wildman–Crippen LogP) is 1.77. The fourth-order valence-electron chi connectivity index (χ4n) is 4.22. The van der Waals surface area contributed by atoms with E-state index in [0.717, 1.165) is 11.1 Å². The second kappa shape index (κ2) is 3.35. The lowest BCUT2D eigenvalue weighted by atomic mass is 9.77. The molecule has 1 N–H and O–H groups in total. The number of esters is 1. The molecule has 5 heteroatoms. The zero-order valence-electron chi connectivity index (χ0n) is 11.9. The SMILES string of the molecule is CC1=CC23OOC14CCC(C)(O)C4CC2=C(C)C(=O)O3. The summed E-state index contributed by atoms with van der Waals surface area (Å²) in [5.74, 6) is -1.72. The lowest BCUT2D eigenvalue weighted by molar-refractivity contribution is -0.433. The Kier molecular flexibility index (Phi) is 2.10. The minimum Gasteiger partial charge on any atom is -0.419 e. The van der Waals surface area contributed by atoms with Crippen molar-refractivity contribution < 1.29 is 24.4 Å². The summed E-state index contributed by atoms with van der Waals surface area (Å²) in [5.41, 5.74) is 0.895. The van der Waals surface area contributed by atoms with Gasteiger partial charge in [0, 0.05) is 17.1 Å². The number of rotatable bonds is 0. The fourth-order valence-corrected chi connectivity index (χ4v) is 4.22. The van der Waals surface area contributed by atoms with Gasteiger partial charge in [-0.15, -0.1) is 0 Å². The Morgan fingerprint density at radius 2 is 2.05 bits per heavy atom. The van der Waals surface area contributed by atoms with Crippen LogP contribution in [0.3, 0.4) is 0 Å². The van der Waals surface area contributed by atoms with E-state index in [1.807, 2.05) is 19.9 Å². The van der Waals surface area contributed by atoms with Gasteiger partial charge in [-0.2, -0.15) is 4.89 Å². The minimum atomic E-state index is -1.21. The monoisotopic (exact) mass is 278 g/mol. The molecule has 4 atom stereocenters. The van der Waals surface area contributed by atoms with Gasteiger partial charge in [0.1, 0.15) is 5.60 Å². The van der Waals surface area contributed by atoms with Crippen molar-refractivity contribution in [2.45, 2.75) is 57.0 Å². The topological polar surface area (TPSA) is 65.0 Å². The molecule has 1 saturated heterocycles. The highest BCUT2D eigenvalue weighted by molar-refractivity contribution is 5.92. The van der Waals surface area contributed by atoms with Crippen LogP contribution in [-0.4, -0.2) is 28.1 Å². The first kappa shape index (κ1) is 12.6. The van der Waals surface area contributed by atoms with Crippen LogP contribution in [0, 0.1) is 5.92 Å². The largest absolute Gasteiger partial charge is 0.419 e. The van der Waals surface area contributed by atoms with Crippen molar-refractivity contribution in [3.05, 3.63) is 22.8 Å². The van der Waals surface area contributed by atoms with E-state index in [1.165, 1.54) is 0 Å². The number of carbonyl (C=O) groups excluding carboxylic acids is 1. The highest BCUT2D eigenvalue weighted by Crippen LogP contribution is 2.60. The Hall–Kier alpha value is -1.17. The van der Waals surface area contributed by atoms with Crippen LogP contribution >= 0.6 is 0 Å². The maximum Gasteiger partial charge on any atom is 0.337 e. The Labute approximate surface area is 117 Å². The molecule has 5 nitrogen and oxygen atoms in total. The summed E-state index contributed by atoms with van der Waals surface area (Å²) in [7, 11) is 0. The van der Waals surface area contributed by atoms with Gasteiger partial charge in [0.05, 0.1) is 5.60 Å². The van der Waals surface area contributed by atoms with E-state index >= 15 is 0 Å². The van der Waals surface area contributed by atoms with Crippen molar-refractivity contribution in [1.29, 1.82) is 0 Å². The molecule has 2 bridgehead atoms. The van der Waals surface area contributed by atoms with E-state index in [2.05, 4.69) is 0 Å². The molecule has 0 aromatic carbocycles. The molecular weight excluding hydrogens is 260 g/mol. The summed E-state index contributed by atoms with van der Waals surface area (Å²) in [6.45, 7) is 5.54. The number of carbonyl (C=O) groups is 1. The Balaban J connectivity index is 1.96. The molecule has 0 amide bonds. The van der Waals surface area contributed by atoms with Crippen LogP contribution in [0.1, 0.15) is 40.0 Å². The van der Waals surface area contributed by atoms with Crippen LogP contribution in [0.2, 0.25) is 0 Å². The molecule has 3 heterocycles. The first-order valence-electron chi connectivity index (χ1n) is 7.03. The lowest BCUT2D eigenvalue weighted by Crippen LogP contribution is -2.47. The third-order valence-corrected chi connectivity index (χ3v) is 5.54. The number of ether oxygens (including phenoxy) is 1. The molecule has 108 valence electrons. The predicted molar refractivity (Wildman–Crippen MR) is 68.1 cm³/mol. The van der Waals surface area contributed by atoms with Crippen molar-refractivity contribution in [1.82, 2.24) is 0 Å². The molecule has 2 spiro atoms. The van der Waals surface area contributed by atoms with E-state index in [9.17, 15) is 9.90 Å². The second-order valence-electron chi connectivity index (χ2n) is 6.66. The molecule has 2 fully saturated rings. The van der Waals surface area contributed by atoms with Crippen LogP contribution in [0.25, 0.3) is 0 Å². The Morgan fingerprint density at radius 3 is 2.75 bits per heavy atom. The summed E-state index contributed by atoms with van der Waals surface area (Å²) in [4.78, 5) is 23.1. The van der Waals surface area contributed by atoms with Gasteiger partial charge in [-0.05, 0) is 51.7 Å². The van der Waals surface area contributed by atoms with Crippen molar-refractivity contribution in [2.75, 3.05) is 0 Å². The maximum absolute atomic E-state index is 11.9. The van der Waals surface area contributed by atoms with Crippen LogP contribution < -0.4 is 0 Å². The normalized spacial score (nSPS) is 49.7. The zero-order valence-corrected chi connectivity index (χ0v) is 11.9. The summed E-state index contributed by atoms with van der Waals surface area (Å²) in [6.07, 6.45) is 3.77. The molecule has 20 heavy (non-hydrogen) atoms. The first-order chi connectivity index (χ1) is 9.31. The average Bonchev–Trinajstić information content (AvgIpc) is 2.64. The van der Waals surface area contributed by atoms with E-state index in [1.54, 1.807) is 6.92 Å². The summed E-state index contributed by atoms with van der Waals surface area (Å²) in [6, 6.07) is 0. The number of hydrogen-bond acceptors (Lipinski definition) is 5. The third-order valence-electron chi connectivity index (χ3n) is 5.54. The molecule has 4 unspecified atom stereocenters. The molecule has 0 aromatic rings. The molecular formula is C15H18O5. The third kappa shape index (κ3) is 1.22. The van der Waals surface area contributed by atoms with Gasteiger partial charge in [0.2, 0.25) is 0 Å². The van der Waals surface area contributed by atoms with Crippen molar-refractivity contribution in [2.24, 2.45) is 5.92 Å². The quantitative estimate of drug-likeness (QED) is 0.415. The zero-order chi connectivity index (χ0) is 14.3. The summed E-state index contributed by atoms with van der Waals surface area (Å²) in [5, 5.41) is 10.7. The second-order valence-corrected chi connectivity index (χ2v) is 6.66. The number of aliphatic hydroxyl groups is 1. The summed E-state index contributed by atoms with van der Waals surface area (Å²) < 4.78 is 5.41. The maximum atomic E-state index is 11.9. The molecule has 0 aromatic heterocycles. The van der Waals surface area contributed by atoms with Gasteiger partial charge in [-0.1, -0.05) is 0 Å². The molecule has 0 radical (unpaired) electrons. The van der Waals surface area contributed by atoms with Gasteiger partial charge in [-0.3, -0.25) is 0 Å². The number of hydrogen-bond donors (Lipinski definition) is 1. The molecule has 5 aliphatic rings. The molecule has 2 aliphatic carbocycles. The van der Waals surface area contributed by atoms with Crippen molar-refractivity contribution >= 4 is 5.97 Å². The van der Waals surface area contributed by atoms with Gasteiger partial charge in [0.15, 0.2) is 0 Å². The van der Waals surface area contributed by atoms with Crippen LogP contribution in [-0.2, 0) is 19.3 Å². The van der Waals surface area contributed by atoms with Crippen LogP contribution in [0.15, 0.2) is 22.8 Å². The standard InChI is InChI=1S/C15H18O5/c1-8-7-15-10(9(2)12(16)18-15)6-11-13(3,17)4-5-14(8,11)19-20-15/h7,11,17H,4-6H2,1-3H3. The first-order valence-corrected chi connectivity index (χ1v) is 7.03. The van der Waals surface area contributed by atoms with E-state index < -0.39 is 17.0 Å². The van der Waals surface area contributed by atoms with Crippen molar-refractivity contribution in [3.8, 4) is 0 Å². The minimum absolute atomic E-state index is 0.130. The van der Waals surface area contributed by atoms with E-state index in [4.69, 9.17) is 14.5 Å². The van der Waals surface area contributed by atoms with Gasteiger partial charge in [0.25, 0.3) is 5.79 Å².